The van der Waals surface area contributed by atoms with Crippen molar-refractivity contribution in [2.24, 2.45) is 0 Å². The molecule has 2 atom stereocenters. The fraction of sp³-hybridized carbons (Fsp3) is 0.368. The molecule has 0 aliphatic carbocycles. The van der Waals surface area contributed by atoms with E-state index in [1.54, 1.807) is 0 Å². The zero-order valence-corrected chi connectivity index (χ0v) is 12.9. The van der Waals surface area contributed by atoms with Crippen LogP contribution in [0.5, 0.6) is 0 Å². The topological polar surface area (TPSA) is 6.48 Å². The van der Waals surface area contributed by atoms with Crippen LogP contribution in [0.1, 0.15) is 19.4 Å². The van der Waals surface area contributed by atoms with E-state index >= 15 is 0 Å². The van der Waals surface area contributed by atoms with Crippen molar-refractivity contribution in [3.63, 3.8) is 0 Å². The van der Waals surface area contributed by atoms with Crippen molar-refractivity contribution in [1.29, 1.82) is 0 Å². The number of anilines is 1. The summed E-state index contributed by atoms with van der Waals surface area (Å²) in [6.45, 7) is 7.93. The fourth-order valence-corrected chi connectivity index (χ4v) is 3.31. The first-order chi connectivity index (χ1) is 10.2. The van der Waals surface area contributed by atoms with Crippen LogP contribution in [0.2, 0.25) is 0 Å². The first-order valence-corrected chi connectivity index (χ1v) is 7.83. The summed E-state index contributed by atoms with van der Waals surface area (Å²) < 4.78 is 0. The smallest absolute Gasteiger partial charge is 0.0367 e. The second-order valence-corrected chi connectivity index (χ2v) is 6.10. The van der Waals surface area contributed by atoms with E-state index in [1.165, 1.54) is 11.3 Å². The molecule has 0 aromatic heterocycles. The molecule has 0 N–H and O–H groups in total. The lowest BCUT2D eigenvalue weighted by Crippen LogP contribution is -2.56. The highest BCUT2D eigenvalue weighted by molar-refractivity contribution is 5.47. The summed E-state index contributed by atoms with van der Waals surface area (Å²) in [6, 6.07) is 22.7. The van der Waals surface area contributed by atoms with Gasteiger partial charge < -0.3 is 4.90 Å². The van der Waals surface area contributed by atoms with E-state index in [1.807, 2.05) is 0 Å². The zero-order chi connectivity index (χ0) is 14.7. The van der Waals surface area contributed by atoms with Crippen LogP contribution in [0.25, 0.3) is 0 Å². The number of rotatable bonds is 3. The Hall–Kier alpha value is -1.80. The Kier molecular flexibility index (Phi) is 4.26. The van der Waals surface area contributed by atoms with E-state index in [0.29, 0.717) is 12.1 Å². The number of benzene rings is 2. The third kappa shape index (κ3) is 3.27. The van der Waals surface area contributed by atoms with E-state index in [4.69, 9.17) is 0 Å². The van der Waals surface area contributed by atoms with E-state index in [9.17, 15) is 0 Å². The molecule has 1 aliphatic heterocycles. The molecule has 1 heterocycles. The maximum atomic E-state index is 2.62. The average molecular weight is 280 g/mol. The van der Waals surface area contributed by atoms with Gasteiger partial charge in [0.05, 0.1) is 0 Å². The monoisotopic (exact) mass is 280 g/mol. The standard InChI is InChI=1S/C19H24N2/c1-16-13-20(19-11-7-4-8-12-19)14-17(2)21(16)15-18-9-5-3-6-10-18/h3-12,16-17H,13-15H2,1-2H3. The minimum absolute atomic E-state index is 0.564. The Morgan fingerprint density at radius 3 is 1.90 bits per heavy atom. The molecule has 1 saturated heterocycles. The fourth-order valence-electron chi connectivity index (χ4n) is 3.31. The van der Waals surface area contributed by atoms with Gasteiger partial charge in [0.1, 0.15) is 0 Å². The van der Waals surface area contributed by atoms with Crippen molar-refractivity contribution in [2.45, 2.75) is 32.5 Å². The normalized spacial score (nSPS) is 23.2. The Morgan fingerprint density at radius 2 is 1.33 bits per heavy atom. The van der Waals surface area contributed by atoms with Crippen LogP contribution >= 0.6 is 0 Å². The van der Waals surface area contributed by atoms with E-state index in [-0.39, 0.29) is 0 Å². The number of nitrogens with zero attached hydrogens (tertiary/aromatic N) is 2. The lowest BCUT2D eigenvalue weighted by atomic mass is 10.1. The van der Waals surface area contributed by atoms with Gasteiger partial charge in [0.2, 0.25) is 0 Å². The molecule has 21 heavy (non-hydrogen) atoms. The summed E-state index contributed by atoms with van der Waals surface area (Å²) in [6.07, 6.45) is 0. The van der Waals surface area contributed by atoms with Crippen molar-refractivity contribution >= 4 is 5.69 Å². The van der Waals surface area contributed by atoms with Gasteiger partial charge in [0.25, 0.3) is 0 Å². The number of piperazine rings is 1. The molecular weight excluding hydrogens is 256 g/mol. The molecular formula is C19H24N2. The third-order valence-corrected chi connectivity index (χ3v) is 4.43. The van der Waals surface area contributed by atoms with Crippen molar-refractivity contribution in [2.75, 3.05) is 18.0 Å². The van der Waals surface area contributed by atoms with Crippen LogP contribution in [0.15, 0.2) is 60.7 Å². The van der Waals surface area contributed by atoms with Gasteiger partial charge in [-0.15, -0.1) is 0 Å². The molecule has 2 aromatic carbocycles. The van der Waals surface area contributed by atoms with Gasteiger partial charge in [-0.3, -0.25) is 4.90 Å². The molecule has 1 fully saturated rings. The molecule has 0 saturated carbocycles. The first kappa shape index (κ1) is 14.2. The third-order valence-electron chi connectivity index (χ3n) is 4.43. The molecule has 0 amide bonds. The number of para-hydroxylation sites is 1. The highest BCUT2D eigenvalue weighted by atomic mass is 15.3. The predicted molar refractivity (Wildman–Crippen MR) is 89.6 cm³/mol. The zero-order valence-electron chi connectivity index (χ0n) is 12.9. The van der Waals surface area contributed by atoms with Gasteiger partial charge >= 0.3 is 0 Å². The Balaban J connectivity index is 1.70. The van der Waals surface area contributed by atoms with Gasteiger partial charge in [-0.05, 0) is 31.5 Å². The largest absolute Gasteiger partial charge is 0.368 e. The summed E-state index contributed by atoms with van der Waals surface area (Å²) in [4.78, 5) is 5.13. The highest BCUT2D eigenvalue weighted by Crippen LogP contribution is 2.23. The number of hydrogen-bond acceptors (Lipinski definition) is 2. The van der Waals surface area contributed by atoms with Crippen LogP contribution < -0.4 is 4.90 Å². The summed E-state index contributed by atoms with van der Waals surface area (Å²) in [7, 11) is 0. The van der Waals surface area contributed by atoms with Crippen LogP contribution in [0, 0.1) is 0 Å². The molecule has 2 nitrogen and oxygen atoms in total. The molecule has 0 bridgehead atoms. The second-order valence-electron chi connectivity index (χ2n) is 6.10. The molecule has 2 heteroatoms. The maximum Gasteiger partial charge on any atom is 0.0367 e. The summed E-state index contributed by atoms with van der Waals surface area (Å²) in [5, 5.41) is 0. The van der Waals surface area contributed by atoms with Crippen molar-refractivity contribution in [1.82, 2.24) is 4.90 Å². The SMILES string of the molecule is CC1CN(c2ccccc2)CC(C)N1Cc1ccccc1. The van der Waals surface area contributed by atoms with Gasteiger partial charge in [-0.25, -0.2) is 0 Å². The predicted octanol–water partition coefficient (Wildman–Crippen LogP) is 3.79. The van der Waals surface area contributed by atoms with E-state index < -0.39 is 0 Å². The lowest BCUT2D eigenvalue weighted by molar-refractivity contribution is 0.123. The second kappa shape index (κ2) is 6.31. The summed E-state index contributed by atoms with van der Waals surface area (Å²) in [5.74, 6) is 0. The Bertz CT molecular complexity index is 540. The van der Waals surface area contributed by atoms with Gasteiger partial charge in [-0.2, -0.15) is 0 Å². The summed E-state index contributed by atoms with van der Waals surface area (Å²) >= 11 is 0. The van der Waals surface area contributed by atoms with Crippen molar-refractivity contribution in [3.05, 3.63) is 66.2 Å². The molecule has 3 rings (SSSR count). The minimum atomic E-state index is 0.564. The molecule has 110 valence electrons. The molecule has 2 aromatic rings. The van der Waals surface area contributed by atoms with Crippen LogP contribution in [0.3, 0.4) is 0 Å². The number of hydrogen-bond donors (Lipinski definition) is 0. The Morgan fingerprint density at radius 1 is 0.810 bits per heavy atom. The van der Waals surface area contributed by atoms with Gasteiger partial charge in [0, 0.05) is 37.4 Å². The Labute approximate surface area is 128 Å². The molecule has 1 aliphatic rings. The van der Waals surface area contributed by atoms with Crippen LogP contribution in [-0.4, -0.2) is 30.1 Å². The van der Waals surface area contributed by atoms with E-state index in [2.05, 4.69) is 84.3 Å². The molecule has 0 radical (unpaired) electrons. The quantitative estimate of drug-likeness (QED) is 0.844. The maximum absolute atomic E-state index is 2.62. The molecule has 0 spiro atoms. The lowest BCUT2D eigenvalue weighted by Gasteiger charge is -2.45. The average Bonchev–Trinajstić information content (AvgIpc) is 2.52. The van der Waals surface area contributed by atoms with Crippen LogP contribution in [0.4, 0.5) is 5.69 Å². The van der Waals surface area contributed by atoms with Crippen molar-refractivity contribution < 1.29 is 0 Å². The van der Waals surface area contributed by atoms with Crippen molar-refractivity contribution in [3.8, 4) is 0 Å². The van der Waals surface area contributed by atoms with Gasteiger partial charge in [0.15, 0.2) is 0 Å². The van der Waals surface area contributed by atoms with Crippen LogP contribution in [-0.2, 0) is 6.54 Å². The van der Waals surface area contributed by atoms with E-state index in [0.717, 1.165) is 19.6 Å². The molecule has 2 unspecified atom stereocenters. The summed E-state index contributed by atoms with van der Waals surface area (Å²) in [5.41, 5.74) is 2.75. The minimum Gasteiger partial charge on any atom is -0.368 e. The first-order valence-electron chi connectivity index (χ1n) is 7.83. The highest BCUT2D eigenvalue weighted by Gasteiger charge is 2.29. The van der Waals surface area contributed by atoms with Gasteiger partial charge in [-0.1, -0.05) is 48.5 Å².